The number of nitrogens with zero attached hydrogens (tertiary/aromatic N) is 4. The summed E-state index contributed by atoms with van der Waals surface area (Å²) in [4.78, 5) is 14.9. The number of benzene rings is 7. The fourth-order valence-corrected chi connectivity index (χ4v) is 7.12. The molecule has 10 aromatic rings. The molecule has 0 amide bonds. The lowest BCUT2D eigenvalue weighted by atomic mass is 10.1. The highest BCUT2D eigenvalue weighted by atomic mass is 16.3. The lowest BCUT2D eigenvalue weighted by Gasteiger charge is -2.09. The predicted octanol–water partition coefficient (Wildman–Crippen LogP) is 11.5. The van der Waals surface area contributed by atoms with Crippen molar-refractivity contribution in [1.82, 2.24) is 19.5 Å². The molecule has 0 aliphatic rings. The SMILES string of the molecule is c1ccc(-c2ccc(-n3c4ccccc4c4c5oc6c(-c7nc(-c8ccccc8)nc(-c8ccccc8)n7)cccc6c5ccc43)cc2)cc1. The maximum absolute atomic E-state index is 6.96. The predicted molar refractivity (Wildman–Crippen MR) is 203 cm³/mol. The fraction of sp³-hybridized carbons (Fsp3) is 0. The van der Waals surface area contributed by atoms with E-state index in [-0.39, 0.29) is 0 Å². The topological polar surface area (TPSA) is 56.7 Å². The van der Waals surface area contributed by atoms with Crippen molar-refractivity contribution in [2.75, 3.05) is 0 Å². The minimum absolute atomic E-state index is 0.569. The molecule has 3 aromatic heterocycles. The molecule has 0 fully saturated rings. The summed E-state index contributed by atoms with van der Waals surface area (Å²) < 4.78 is 9.29. The summed E-state index contributed by atoms with van der Waals surface area (Å²) in [5.41, 5.74) is 9.98. The Labute approximate surface area is 287 Å². The number of furan rings is 1. The van der Waals surface area contributed by atoms with Gasteiger partial charge in [-0.1, -0.05) is 133 Å². The standard InChI is InChI=1S/C45H28N4O/c1-4-13-29(14-5-1)30-23-25-33(26-24-30)49-38-22-11-10-19-36(38)40-39(49)28-27-35-34-20-12-21-37(41(34)50-42(35)40)45-47-43(31-15-6-2-7-16-31)46-44(48-45)32-17-8-3-9-18-32/h1-28H. The van der Waals surface area contributed by atoms with E-state index in [1.807, 2.05) is 72.8 Å². The molecule has 0 radical (unpaired) electrons. The minimum atomic E-state index is 0.569. The summed E-state index contributed by atoms with van der Waals surface area (Å²) in [5, 5.41) is 4.29. The highest BCUT2D eigenvalue weighted by molar-refractivity contribution is 6.24. The molecule has 10 rings (SSSR count). The molecule has 0 aliphatic heterocycles. The third-order valence-corrected chi connectivity index (χ3v) is 9.47. The summed E-state index contributed by atoms with van der Waals surface area (Å²) in [6.07, 6.45) is 0. The molecule has 0 spiro atoms. The lowest BCUT2D eigenvalue weighted by Crippen LogP contribution is -2.00. The number of aromatic nitrogens is 4. The smallest absolute Gasteiger partial charge is 0.167 e. The second kappa shape index (κ2) is 11.4. The van der Waals surface area contributed by atoms with Crippen LogP contribution in [0.2, 0.25) is 0 Å². The van der Waals surface area contributed by atoms with Crippen molar-refractivity contribution >= 4 is 43.7 Å². The van der Waals surface area contributed by atoms with Gasteiger partial charge in [-0.2, -0.15) is 0 Å². The third-order valence-electron chi connectivity index (χ3n) is 9.47. The summed E-state index contributed by atoms with van der Waals surface area (Å²) in [6.45, 7) is 0. The van der Waals surface area contributed by atoms with Gasteiger partial charge in [0.1, 0.15) is 11.2 Å². The van der Waals surface area contributed by atoms with Crippen LogP contribution in [-0.2, 0) is 0 Å². The zero-order valence-corrected chi connectivity index (χ0v) is 26.9. The van der Waals surface area contributed by atoms with Crippen LogP contribution in [0, 0.1) is 0 Å². The molecule has 0 saturated carbocycles. The summed E-state index contributed by atoms with van der Waals surface area (Å²) in [5.74, 6) is 1.80. The first-order valence-electron chi connectivity index (χ1n) is 16.7. The van der Waals surface area contributed by atoms with E-state index in [1.165, 1.54) is 11.1 Å². The molecule has 234 valence electrons. The highest BCUT2D eigenvalue weighted by Gasteiger charge is 2.21. The molecule has 0 bridgehead atoms. The van der Waals surface area contributed by atoms with Gasteiger partial charge in [0.15, 0.2) is 17.5 Å². The van der Waals surface area contributed by atoms with E-state index in [1.54, 1.807) is 0 Å². The van der Waals surface area contributed by atoms with Gasteiger partial charge >= 0.3 is 0 Å². The Bertz CT molecular complexity index is 2780. The van der Waals surface area contributed by atoms with Crippen LogP contribution in [0.5, 0.6) is 0 Å². The average Bonchev–Trinajstić information content (AvgIpc) is 3.75. The van der Waals surface area contributed by atoms with Gasteiger partial charge in [0.05, 0.1) is 22.0 Å². The van der Waals surface area contributed by atoms with Gasteiger partial charge < -0.3 is 8.98 Å². The number of hydrogen-bond donors (Lipinski definition) is 0. The Hall–Kier alpha value is -6.85. The van der Waals surface area contributed by atoms with Gasteiger partial charge in [0.25, 0.3) is 0 Å². The van der Waals surface area contributed by atoms with Crippen molar-refractivity contribution in [3.63, 3.8) is 0 Å². The Kier molecular flexibility index (Phi) is 6.42. The number of rotatable bonds is 5. The monoisotopic (exact) mass is 640 g/mol. The Morgan fingerprint density at radius 1 is 0.360 bits per heavy atom. The van der Waals surface area contributed by atoms with Crippen molar-refractivity contribution < 1.29 is 4.42 Å². The van der Waals surface area contributed by atoms with Gasteiger partial charge in [-0.3, -0.25) is 0 Å². The van der Waals surface area contributed by atoms with Crippen LogP contribution in [0.25, 0.3) is 94.7 Å². The molecule has 5 nitrogen and oxygen atoms in total. The first-order chi connectivity index (χ1) is 24.8. The normalized spacial score (nSPS) is 11.6. The maximum Gasteiger partial charge on any atom is 0.167 e. The summed E-state index contributed by atoms with van der Waals surface area (Å²) >= 11 is 0. The molecule has 0 atom stereocenters. The van der Waals surface area contributed by atoms with Crippen LogP contribution in [0.1, 0.15) is 0 Å². The largest absolute Gasteiger partial charge is 0.455 e. The van der Waals surface area contributed by atoms with Crippen LogP contribution in [0.3, 0.4) is 0 Å². The van der Waals surface area contributed by atoms with E-state index in [2.05, 4.69) is 102 Å². The molecule has 0 N–H and O–H groups in total. The van der Waals surface area contributed by atoms with E-state index in [4.69, 9.17) is 19.4 Å². The zero-order valence-electron chi connectivity index (χ0n) is 26.9. The molecule has 7 aromatic carbocycles. The molecule has 0 aliphatic carbocycles. The zero-order chi connectivity index (χ0) is 33.0. The van der Waals surface area contributed by atoms with Crippen LogP contribution in [-0.4, -0.2) is 19.5 Å². The number of fused-ring (bicyclic) bond motifs is 7. The quantitative estimate of drug-likeness (QED) is 0.188. The molecule has 0 saturated heterocycles. The first kappa shape index (κ1) is 28.2. The van der Waals surface area contributed by atoms with Gasteiger partial charge in [0, 0.05) is 33.0 Å². The van der Waals surface area contributed by atoms with Crippen LogP contribution in [0.4, 0.5) is 0 Å². The van der Waals surface area contributed by atoms with Crippen LogP contribution in [0.15, 0.2) is 174 Å². The Balaban J connectivity index is 1.19. The van der Waals surface area contributed by atoms with Gasteiger partial charge in [-0.15, -0.1) is 0 Å². The second-order valence-corrected chi connectivity index (χ2v) is 12.4. The van der Waals surface area contributed by atoms with Crippen molar-refractivity contribution in [3.8, 4) is 51.0 Å². The Morgan fingerprint density at radius 2 is 0.900 bits per heavy atom. The van der Waals surface area contributed by atoms with Crippen molar-refractivity contribution in [3.05, 3.63) is 170 Å². The lowest BCUT2D eigenvalue weighted by molar-refractivity contribution is 0.673. The van der Waals surface area contributed by atoms with Crippen molar-refractivity contribution in [1.29, 1.82) is 0 Å². The Morgan fingerprint density at radius 3 is 1.58 bits per heavy atom. The first-order valence-corrected chi connectivity index (χ1v) is 16.7. The van der Waals surface area contributed by atoms with Crippen LogP contribution >= 0.6 is 0 Å². The molecule has 5 heteroatoms. The van der Waals surface area contributed by atoms with Gasteiger partial charge in [0.2, 0.25) is 0 Å². The molecular weight excluding hydrogens is 613 g/mol. The number of para-hydroxylation sites is 2. The van der Waals surface area contributed by atoms with E-state index < -0.39 is 0 Å². The van der Waals surface area contributed by atoms with Crippen LogP contribution < -0.4 is 0 Å². The fourth-order valence-electron chi connectivity index (χ4n) is 7.12. The van der Waals surface area contributed by atoms with E-state index in [9.17, 15) is 0 Å². The molecular formula is C45H28N4O. The maximum atomic E-state index is 6.96. The highest BCUT2D eigenvalue weighted by Crippen LogP contribution is 2.42. The average molecular weight is 641 g/mol. The van der Waals surface area contributed by atoms with Gasteiger partial charge in [-0.05, 0) is 47.5 Å². The summed E-state index contributed by atoms with van der Waals surface area (Å²) in [7, 11) is 0. The third kappa shape index (κ3) is 4.52. The molecule has 3 heterocycles. The second-order valence-electron chi connectivity index (χ2n) is 12.4. The van der Waals surface area contributed by atoms with E-state index >= 15 is 0 Å². The molecule has 50 heavy (non-hydrogen) atoms. The van der Waals surface area contributed by atoms with E-state index in [0.29, 0.717) is 17.5 Å². The van der Waals surface area contributed by atoms with Crippen molar-refractivity contribution in [2.45, 2.75) is 0 Å². The van der Waals surface area contributed by atoms with E-state index in [0.717, 1.165) is 66.1 Å². The minimum Gasteiger partial charge on any atom is -0.455 e. The van der Waals surface area contributed by atoms with Gasteiger partial charge in [-0.25, -0.2) is 15.0 Å². The van der Waals surface area contributed by atoms with Crippen molar-refractivity contribution in [2.24, 2.45) is 0 Å². The summed E-state index contributed by atoms with van der Waals surface area (Å²) in [6, 6.07) is 58.5. The number of hydrogen-bond acceptors (Lipinski definition) is 4. The molecule has 0 unspecified atom stereocenters.